The quantitative estimate of drug-likeness (QED) is 0.575. The van der Waals surface area contributed by atoms with Crippen LogP contribution in [0.15, 0.2) is 30.5 Å². The first-order chi connectivity index (χ1) is 14.6. The molecule has 0 bridgehead atoms. The van der Waals surface area contributed by atoms with E-state index in [9.17, 15) is 0 Å². The van der Waals surface area contributed by atoms with Gasteiger partial charge in [-0.25, -0.2) is 0 Å². The number of piperidine rings is 1. The zero-order chi connectivity index (χ0) is 21.1. The minimum Gasteiger partial charge on any atom is -0.496 e. The van der Waals surface area contributed by atoms with Crippen molar-refractivity contribution in [1.82, 2.24) is 24.9 Å². The molecule has 0 unspecified atom stereocenters. The smallest absolute Gasteiger partial charge is 0.322 e. The highest BCUT2D eigenvalue weighted by Gasteiger charge is 2.21. The number of hydrogen-bond acceptors (Lipinski definition) is 7. The van der Waals surface area contributed by atoms with Gasteiger partial charge in [0.15, 0.2) is 5.65 Å². The lowest BCUT2D eigenvalue weighted by Crippen LogP contribution is -2.34. The largest absolute Gasteiger partial charge is 0.496 e. The molecule has 2 N–H and O–H groups in total. The third-order valence-corrected chi connectivity index (χ3v) is 5.51. The number of benzene rings is 1. The normalized spacial score (nSPS) is 15.5. The zero-order valence-corrected chi connectivity index (χ0v) is 19.6. The van der Waals surface area contributed by atoms with E-state index in [0.29, 0.717) is 17.9 Å². The summed E-state index contributed by atoms with van der Waals surface area (Å²) in [4.78, 5) is 9.39. The number of anilines is 1. The van der Waals surface area contributed by atoms with Crippen LogP contribution in [-0.4, -0.2) is 45.9 Å². The molecule has 0 amide bonds. The fraction of sp³-hybridized carbons (Fsp3) is 0.500. The average Bonchev–Trinajstić information content (AvgIpc) is 3.19. The highest BCUT2D eigenvalue weighted by atomic mass is 32.1. The Morgan fingerprint density at radius 1 is 1.10 bits per heavy atom. The molecule has 31 heavy (non-hydrogen) atoms. The van der Waals surface area contributed by atoms with Gasteiger partial charge >= 0.3 is 6.01 Å². The van der Waals surface area contributed by atoms with Crippen molar-refractivity contribution < 1.29 is 9.47 Å². The Bertz CT molecular complexity index is 1000. The van der Waals surface area contributed by atoms with Gasteiger partial charge in [0.2, 0.25) is 5.95 Å². The number of rotatable bonds is 7. The first kappa shape index (κ1) is 23.1. The molecule has 1 saturated heterocycles. The Morgan fingerprint density at radius 3 is 2.55 bits per heavy atom. The summed E-state index contributed by atoms with van der Waals surface area (Å²) >= 11 is 0. The molecule has 1 aliphatic heterocycles. The predicted molar refractivity (Wildman–Crippen MR) is 127 cm³/mol. The molecule has 2 aromatic heterocycles. The van der Waals surface area contributed by atoms with E-state index in [0.717, 1.165) is 48.5 Å². The second-order valence-electron chi connectivity index (χ2n) is 7.99. The van der Waals surface area contributed by atoms with E-state index in [4.69, 9.17) is 14.5 Å². The molecule has 1 aromatic carbocycles. The molecule has 1 fully saturated rings. The number of ether oxygens (including phenoxy) is 2. The van der Waals surface area contributed by atoms with Crippen LogP contribution in [0.4, 0.5) is 5.95 Å². The molecule has 0 saturated carbocycles. The maximum absolute atomic E-state index is 6.17. The molecule has 4 rings (SSSR count). The van der Waals surface area contributed by atoms with Gasteiger partial charge in [-0.3, -0.25) is 0 Å². The Balaban J connectivity index is 0.00000272. The van der Waals surface area contributed by atoms with Crippen molar-refractivity contribution in [3.63, 3.8) is 0 Å². The number of fused-ring (bicyclic) bond motifs is 1. The van der Waals surface area contributed by atoms with Crippen LogP contribution >= 0.6 is 13.5 Å². The molecule has 9 heteroatoms. The van der Waals surface area contributed by atoms with Crippen molar-refractivity contribution in [1.29, 1.82) is 0 Å². The SMILES string of the molecule is COc1ccccc1[C@H](C)Nc1nc(OC2CCNCC2)nc2c(C(C)C)cnn12.S. The summed E-state index contributed by atoms with van der Waals surface area (Å²) in [7, 11) is 1.68. The number of hydrogen-bond donors (Lipinski definition) is 2. The molecular weight excluding hydrogens is 412 g/mol. The van der Waals surface area contributed by atoms with Gasteiger partial charge in [0.25, 0.3) is 0 Å². The summed E-state index contributed by atoms with van der Waals surface area (Å²) in [5, 5.41) is 11.4. The van der Waals surface area contributed by atoms with Gasteiger partial charge < -0.3 is 20.1 Å². The molecule has 0 aliphatic carbocycles. The lowest BCUT2D eigenvalue weighted by Gasteiger charge is -2.23. The lowest BCUT2D eigenvalue weighted by atomic mass is 10.1. The number of nitrogens with one attached hydrogen (secondary N) is 2. The molecule has 3 heterocycles. The second kappa shape index (κ2) is 10.2. The summed E-state index contributed by atoms with van der Waals surface area (Å²) in [6, 6.07) is 8.32. The molecular formula is C22H32N6O2S. The molecule has 8 nitrogen and oxygen atoms in total. The third-order valence-electron chi connectivity index (χ3n) is 5.51. The highest BCUT2D eigenvalue weighted by molar-refractivity contribution is 7.59. The van der Waals surface area contributed by atoms with Gasteiger partial charge in [-0.1, -0.05) is 32.0 Å². The monoisotopic (exact) mass is 444 g/mol. The summed E-state index contributed by atoms with van der Waals surface area (Å²) in [6.45, 7) is 8.25. The van der Waals surface area contributed by atoms with E-state index < -0.39 is 0 Å². The number of methoxy groups -OCH3 is 1. The zero-order valence-electron chi connectivity index (χ0n) is 18.6. The first-order valence-corrected chi connectivity index (χ1v) is 10.6. The van der Waals surface area contributed by atoms with Gasteiger partial charge in [0.1, 0.15) is 11.9 Å². The predicted octanol–water partition coefficient (Wildman–Crippen LogP) is 3.67. The molecule has 3 aromatic rings. The van der Waals surface area contributed by atoms with Crippen molar-refractivity contribution in [2.24, 2.45) is 0 Å². The van der Waals surface area contributed by atoms with Crippen molar-refractivity contribution in [3.8, 4) is 11.8 Å². The Kier molecular flexibility index (Phi) is 7.61. The van der Waals surface area contributed by atoms with E-state index >= 15 is 0 Å². The second-order valence-corrected chi connectivity index (χ2v) is 7.99. The number of para-hydroxylation sites is 1. The van der Waals surface area contributed by atoms with Crippen LogP contribution in [0.3, 0.4) is 0 Å². The van der Waals surface area contributed by atoms with Gasteiger partial charge in [-0.2, -0.15) is 33.1 Å². The van der Waals surface area contributed by atoms with Crippen LogP contribution in [-0.2, 0) is 0 Å². The van der Waals surface area contributed by atoms with E-state index in [2.05, 4.69) is 41.5 Å². The summed E-state index contributed by atoms with van der Waals surface area (Å²) < 4.78 is 13.5. The van der Waals surface area contributed by atoms with Gasteiger partial charge in [-0.15, -0.1) is 0 Å². The average molecular weight is 445 g/mol. The van der Waals surface area contributed by atoms with Crippen molar-refractivity contribution in [3.05, 3.63) is 41.6 Å². The van der Waals surface area contributed by atoms with Crippen LogP contribution in [0, 0.1) is 0 Å². The van der Waals surface area contributed by atoms with Crippen molar-refractivity contribution >= 4 is 25.1 Å². The highest BCUT2D eigenvalue weighted by Crippen LogP contribution is 2.29. The van der Waals surface area contributed by atoms with E-state index in [1.807, 2.05) is 30.5 Å². The standard InChI is InChI=1S/C22H30N6O2.H2S/c1-14(2)18-13-24-28-20(18)26-22(30-16-9-11-23-12-10-16)27-21(28)25-15(3)17-7-5-6-8-19(17)29-4;/h5-8,13-16,23H,9-12H2,1-4H3,(H,25,26,27);1H2/t15-;/m0./s1. The van der Waals surface area contributed by atoms with Crippen LogP contribution < -0.4 is 20.1 Å². The fourth-order valence-electron chi connectivity index (χ4n) is 3.79. The summed E-state index contributed by atoms with van der Waals surface area (Å²) in [5.74, 6) is 1.73. The fourth-order valence-corrected chi connectivity index (χ4v) is 3.79. The number of nitrogens with zero attached hydrogens (tertiary/aromatic N) is 4. The van der Waals surface area contributed by atoms with Crippen LogP contribution in [0.1, 0.15) is 56.7 Å². The molecule has 168 valence electrons. The lowest BCUT2D eigenvalue weighted by molar-refractivity contribution is 0.149. The van der Waals surface area contributed by atoms with Gasteiger partial charge in [0, 0.05) is 11.1 Å². The molecule has 1 atom stereocenters. The minimum atomic E-state index is -0.0438. The summed E-state index contributed by atoms with van der Waals surface area (Å²) in [5.41, 5.74) is 2.89. The van der Waals surface area contributed by atoms with Crippen LogP contribution in [0.5, 0.6) is 11.8 Å². The molecule has 0 spiro atoms. The third kappa shape index (κ3) is 5.04. The summed E-state index contributed by atoms with van der Waals surface area (Å²) in [6.07, 6.45) is 3.89. The first-order valence-electron chi connectivity index (χ1n) is 10.6. The maximum Gasteiger partial charge on any atom is 0.322 e. The van der Waals surface area contributed by atoms with Gasteiger partial charge in [-0.05, 0) is 44.8 Å². The van der Waals surface area contributed by atoms with Crippen molar-refractivity contribution in [2.45, 2.75) is 51.7 Å². The van der Waals surface area contributed by atoms with Gasteiger partial charge in [0.05, 0.1) is 19.3 Å². The van der Waals surface area contributed by atoms with E-state index in [1.165, 1.54) is 0 Å². The van der Waals surface area contributed by atoms with E-state index in [1.54, 1.807) is 11.6 Å². The van der Waals surface area contributed by atoms with Crippen LogP contribution in [0.2, 0.25) is 0 Å². The minimum absolute atomic E-state index is 0. The van der Waals surface area contributed by atoms with Crippen LogP contribution in [0.25, 0.3) is 5.65 Å². The Labute approximate surface area is 190 Å². The Morgan fingerprint density at radius 2 is 1.84 bits per heavy atom. The molecule has 1 aliphatic rings. The van der Waals surface area contributed by atoms with E-state index in [-0.39, 0.29) is 25.6 Å². The topological polar surface area (TPSA) is 85.6 Å². The molecule has 0 radical (unpaired) electrons. The number of aromatic nitrogens is 4. The maximum atomic E-state index is 6.17. The Hall–Kier alpha value is -2.52. The van der Waals surface area contributed by atoms with Crippen molar-refractivity contribution in [2.75, 3.05) is 25.5 Å².